The van der Waals surface area contributed by atoms with Crippen LogP contribution < -0.4 is 10.9 Å². The standard InChI is InChI=1S/C31H22ClN5O2/c32-24-17-22(16-21-12-7-14-33-26(21)24)28-27(20-10-5-2-6-11-20)36-29-25(35-28)18-23(31(39)37-29)30(38)34-15-13-19-8-3-1-4-9-19/h1-12,14,16-18H,13,15H2,(H,34,38)(H,36,37,39). The van der Waals surface area contributed by atoms with E-state index in [4.69, 9.17) is 21.6 Å². The smallest absolute Gasteiger partial charge is 0.262 e. The maximum atomic E-state index is 12.9. The van der Waals surface area contributed by atoms with E-state index in [0.29, 0.717) is 40.4 Å². The van der Waals surface area contributed by atoms with Crippen LogP contribution in [0.25, 0.3) is 44.6 Å². The number of carbonyl (C=O) groups is 1. The van der Waals surface area contributed by atoms with Gasteiger partial charge in [0.1, 0.15) is 11.1 Å². The molecule has 0 saturated heterocycles. The fourth-order valence-electron chi connectivity index (χ4n) is 4.53. The van der Waals surface area contributed by atoms with E-state index in [-0.39, 0.29) is 11.2 Å². The topological polar surface area (TPSA) is 101 Å². The molecule has 3 aromatic heterocycles. The van der Waals surface area contributed by atoms with Gasteiger partial charge in [-0.1, -0.05) is 78.3 Å². The van der Waals surface area contributed by atoms with E-state index in [1.54, 1.807) is 6.20 Å². The number of H-pyrrole nitrogens is 1. The molecule has 1 amide bonds. The number of aromatic nitrogens is 4. The van der Waals surface area contributed by atoms with Crippen LogP contribution in [0.5, 0.6) is 0 Å². The molecule has 0 atom stereocenters. The Morgan fingerprint density at radius 2 is 1.59 bits per heavy atom. The summed E-state index contributed by atoms with van der Waals surface area (Å²) in [5.74, 6) is -0.468. The van der Waals surface area contributed by atoms with E-state index in [9.17, 15) is 9.59 Å². The van der Waals surface area contributed by atoms with Gasteiger partial charge in [-0.2, -0.15) is 0 Å². The third-order valence-corrected chi connectivity index (χ3v) is 6.73. The average Bonchev–Trinajstić information content (AvgIpc) is 2.97. The minimum atomic E-state index is -0.527. The first-order chi connectivity index (χ1) is 19.1. The average molecular weight is 532 g/mol. The molecule has 6 rings (SSSR count). The molecule has 0 spiro atoms. The van der Waals surface area contributed by atoms with Crippen molar-refractivity contribution in [3.63, 3.8) is 0 Å². The maximum Gasteiger partial charge on any atom is 0.262 e. The number of carbonyl (C=O) groups excluding carboxylic acids is 1. The number of pyridine rings is 2. The van der Waals surface area contributed by atoms with Crippen molar-refractivity contribution in [2.24, 2.45) is 0 Å². The first kappa shape index (κ1) is 24.5. The molecule has 8 heteroatoms. The van der Waals surface area contributed by atoms with E-state index < -0.39 is 11.5 Å². The number of fused-ring (bicyclic) bond motifs is 2. The zero-order valence-corrected chi connectivity index (χ0v) is 21.4. The second-order valence-corrected chi connectivity index (χ2v) is 9.46. The molecular weight excluding hydrogens is 510 g/mol. The summed E-state index contributed by atoms with van der Waals surface area (Å²) in [5, 5.41) is 4.18. The Hall–Kier alpha value is -4.88. The first-order valence-corrected chi connectivity index (χ1v) is 12.8. The lowest BCUT2D eigenvalue weighted by molar-refractivity contribution is 0.0953. The van der Waals surface area contributed by atoms with Crippen molar-refractivity contribution in [3.05, 3.63) is 124 Å². The predicted octanol–water partition coefficient (Wildman–Crippen LogP) is 5.83. The highest BCUT2D eigenvalue weighted by molar-refractivity contribution is 6.35. The molecule has 0 unspecified atom stereocenters. The number of benzene rings is 3. The molecule has 0 aliphatic rings. The fourth-order valence-corrected chi connectivity index (χ4v) is 4.81. The molecule has 0 aliphatic carbocycles. The Kier molecular flexibility index (Phi) is 6.57. The van der Waals surface area contributed by atoms with E-state index in [1.165, 1.54) is 6.07 Å². The van der Waals surface area contributed by atoms with Gasteiger partial charge >= 0.3 is 0 Å². The maximum absolute atomic E-state index is 12.9. The number of halogens is 1. The Morgan fingerprint density at radius 3 is 2.38 bits per heavy atom. The first-order valence-electron chi connectivity index (χ1n) is 12.4. The van der Waals surface area contributed by atoms with Gasteiger partial charge in [-0.25, -0.2) is 9.97 Å². The van der Waals surface area contributed by atoms with E-state index in [1.807, 2.05) is 84.9 Å². The van der Waals surface area contributed by atoms with E-state index in [0.717, 1.165) is 22.1 Å². The predicted molar refractivity (Wildman–Crippen MR) is 154 cm³/mol. The molecule has 7 nitrogen and oxygen atoms in total. The zero-order valence-electron chi connectivity index (χ0n) is 20.7. The molecule has 0 bridgehead atoms. The van der Waals surface area contributed by atoms with Crippen molar-refractivity contribution >= 4 is 39.6 Å². The molecule has 0 radical (unpaired) electrons. The summed E-state index contributed by atoms with van der Waals surface area (Å²) in [6, 6.07) is 28.4. The van der Waals surface area contributed by atoms with E-state index >= 15 is 0 Å². The number of amides is 1. The van der Waals surface area contributed by atoms with Crippen molar-refractivity contribution in [2.45, 2.75) is 6.42 Å². The molecule has 39 heavy (non-hydrogen) atoms. The molecular formula is C31H22ClN5O2. The second kappa shape index (κ2) is 10.5. The van der Waals surface area contributed by atoms with Gasteiger partial charge in [-0.3, -0.25) is 14.6 Å². The van der Waals surface area contributed by atoms with Crippen LogP contribution >= 0.6 is 11.6 Å². The number of nitrogens with one attached hydrogen (secondary N) is 2. The van der Waals surface area contributed by atoms with Gasteiger partial charge in [0.25, 0.3) is 11.5 Å². The quantitative estimate of drug-likeness (QED) is 0.282. The molecule has 6 aromatic rings. The fraction of sp³-hybridized carbons (Fsp3) is 0.0645. The number of rotatable bonds is 6. The highest BCUT2D eigenvalue weighted by Crippen LogP contribution is 2.34. The summed E-state index contributed by atoms with van der Waals surface area (Å²) >= 11 is 6.60. The summed E-state index contributed by atoms with van der Waals surface area (Å²) < 4.78 is 0. The van der Waals surface area contributed by atoms with Crippen molar-refractivity contribution in [3.8, 4) is 22.5 Å². The van der Waals surface area contributed by atoms with Gasteiger partial charge in [0.2, 0.25) is 0 Å². The van der Waals surface area contributed by atoms with Crippen LogP contribution in [0.2, 0.25) is 5.02 Å². The van der Waals surface area contributed by atoms with Crippen molar-refractivity contribution in [1.82, 2.24) is 25.3 Å². The van der Waals surface area contributed by atoms with Gasteiger partial charge in [-0.05, 0) is 36.2 Å². The Labute approximate surface area is 228 Å². The summed E-state index contributed by atoms with van der Waals surface area (Å²) in [5.41, 5.74) is 4.64. The van der Waals surface area contributed by atoms with Crippen LogP contribution in [0.3, 0.4) is 0 Å². The second-order valence-electron chi connectivity index (χ2n) is 9.06. The van der Waals surface area contributed by atoms with E-state index in [2.05, 4.69) is 15.3 Å². The van der Waals surface area contributed by atoms with Gasteiger partial charge < -0.3 is 10.3 Å². The molecule has 3 heterocycles. The SMILES string of the molecule is O=C(NCCc1ccccc1)c1cc2nc(-c3cc(Cl)c4ncccc4c3)c(-c3ccccc3)nc2[nH]c1=O. The van der Waals surface area contributed by atoms with Gasteiger partial charge in [0, 0.05) is 29.3 Å². The van der Waals surface area contributed by atoms with Crippen LogP contribution in [0.1, 0.15) is 15.9 Å². The highest BCUT2D eigenvalue weighted by Gasteiger charge is 2.18. The van der Waals surface area contributed by atoms with Crippen LogP contribution in [0.15, 0.2) is 102 Å². The zero-order chi connectivity index (χ0) is 26.8. The highest BCUT2D eigenvalue weighted by atomic mass is 35.5. The minimum absolute atomic E-state index is 0.0241. The van der Waals surface area contributed by atoms with Gasteiger partial charge in [0.05, 0.1) is 21.9 Å². The number of aromatic amines is 1. The Bertz CT molecular complexity index is 1890. The van der Waals surface area contributed by atoms with Crippen LogP contribution in [-0.2, 0) is 6.42 Å². The lowest BCUT2D eigenvalue weighted by Crippen LogP contribution is -2.31. The largest absolute Gasteiger partial charge is 0.352 e. The lowest BCUT2D eigenvalue weighted by atomic mass is 10.0. The normalized spacial score (nSPS) is 11.1. The number of hydrogen-bond donors (Lipinski definition) is 2. The molecule has 0 aliphatic heterocycles. The summed E-state index contributed by atoms with van der Waals surface area (Å²) in [6.45, 7) is 0.397. The molecule has 3 aromatic carbocycles. The molecule has 190 valence electrons. The third kappa shape index (κ3) is 5.00. The number of nitrogens with zero attached hydrogens (tertiary/aromatic N) is 3. The molecule has 2 N–H and O–H groups in total. The third-order valence-electron chi connectivity index (χ3n) is 6.45. The molecule has 0 saturated carbocycles. The number of hydrogen-bond acceptors (Lipinski definition) is 5. The van der Waals surface area contributed by atoms with Crippen molar-refractivity contribution < 1.29 is 4.79 Å². The molecule has 0 fully saturated rings. The van der Waals surface area contributed by atoms with Crippen LogP contribution in [0, 0.1) is 0 Å². The van der Waals surface area contributed by atoms with Crippen LogP contribution in [0.4, 0.5) is 0 Å². The van der Waals surface area contributed by atoms with Crippen molar-refractivity contribution in [2.75, 3.05) is 6.54 Å². The summed E-state index contributed by atoms with van der Waals surface area (Å²) in [7, 11) is 0. The van der Waals surface area contributed by atoms with Gasteiger partial charge in [-0.15, -0.1) is 0 Å². The lowest BCUT2D eigenvalue weighted by Gasteiger charge is -2.12. The Balaban J connectivity index is 1.43. The van der Waals surface area contributed by atoms with Crippen LogP contribution in [-0.4, -0.2) is 32.4 Å². The summed E-state index contributed by atoms with van der Waals surface area (Å²) in [6.07, 6.45) is 2.35. The van der Waals surface area contributed by atoms with Crippen molar-refractivity contribution in [1.29, 1.82) is 0 Å². The Morgan fingerprint density at radius 1 is 0.846 bits per heavy atom. The minimum Gasteiger partial charge on any atom is -0.352 e. The van der Waals surface area contributed by atoms with Gasteiger partial charge in [0.15, 0.2) is 5.65 Å². The monoisotopic (exact) mass is 531 g/mol. The summed E-state index contributed by atoms with van der Waals surface area (Å²) in [4.78, 5) is 42.6.